The average Bonchev–Trinajstić information content (AvgIpc) is 3.30. The number of carbonyl (C=O) groups is 1. The highest BCUT2D eigenvalue weighted by molar-refractivity contribution is 7.80. The summed E-state index contributed by atoms with van der Waals surface area (Å²) in [5.74, 6) is 0.660. The first-order valence-corrected chi connectivity index (χ1v) is 11.5. The number of aromatic nitrogens is 1. The number of rotatable bonds is 6. The zero-order valence-corrected chi connectivity index (χ0v) is 20.1. The molecule has 0 spiro atoms. The molecule has 2 N–H and O–H groups in total. The molecule has 2 heterocycles. The van der Waals surface area contributed by atoms with Crippen LogP contribution in [0, 0.1) is 0 Å². The van der Waals surface area contributed by atoms with Crippen molar-refractivity contribution in [2.45, 2.75) is 6.42 Å². The molecular formula is C26H19Cl2N3O2S. The van der Waals surface area contributed by atoms with E-state index >= 15 is 0 Å². The molecule has 0 saturated carbocycles. The number of benzene rings is 2. The van der Waals surface area contributed by atoms with Crippen molar-refractivity contribution in [3.8, 4) is 11.3 Å². The third-order valence-electron chi connectivity index (χ3n) is 4.85. The highest BCUT2D eigenvalue weighted by Gasteiger charge is 2.10. The SMILES string of the molecule is O=C(C=Cc1ccc(-c2cccc(Cl)c2Cl)o1)NC(=S)Nc1ccc(Cc2ccncc2)cc1. The van der Waals surface area contributed by atoms with E-state index in [1.165, 1.54) is 11.6 Å². The molecular weight excluding hydrogens is 489 g/mol. The summed E-state index contributed by atoms with van der Waals surface area (Å²) in [6.45, 7) is 0. The summed E-state index contributed by atoms with van der Waals surface area (Å²) in [4.78, 5) is 16.3. The Kier molecular flexibility index (Phi) is 7.75. The Hall–Kier alpha value is -3.45. The molecule has 2 aromatic carbocycles. The molecule has 4 rings (SSSR count). The van der Waals surface area contributed by atoms with Gasteiger partial charge in [-0.2, -0.15) is 0 Å². The van der Waals surface area contributed by atoms with Crippen LogP contribution in [0.15, 0.2) is 89.6 Å². The Balaban J connectivity index is 1.30. The van der Waals surface area contributed by atoms with Gasteiger partial charge in [0.15, 0.2) is 5.11 Å². The summed E-state index contributed by atoms with van der Waals surface area (Å²) < 4.78 is 5.75. The van der Waals surface area contributed by atoms with E-state index in [9.17, 15) is 4.79 Å². The number of halogens is 2. The van der Waals surface area contributed by atoms with E-state index in [1.807, 2.05) is 42.5 Å². The maximum absolute atomic E-state index is 12.2. The van der Waals surface area contributed by atoms with Gasteiger partial charge in [0.2, 0.25) is 5.91 Å². The number of furan rings is 1. The van der Waals surface area contributed by atoms with Crippen LogP contribution < -0.4 is 10.6 Å². The standard InChI is InChI=1S/C26H19Cl2N3O2S/c27-22-3-1-2-21(25(22)28)23-10-8-20(33-23)9-11-24(32)31-26(34)30-19-6-4-17(5-7-19)16-18-12-14-29-15-13-18/h1-15H,16H2,(H2,30,31,32,34). The predicted octanol–water partition coefficient (Wildman–Crippen LogP) is 6.77. The quantitative estimate of drug-likeness (QED) is 0.222. The first-order valence-electron chi connectivity index (χ1n) is 10.3. The maximum Gasteiger partial charge on any atom is 0.250 e. The Morgan fingerprint density at radius 3 is 2.47 bits per heavy atom. The molecule has 8 heteroatoms. The van der Waals surface area contributed by atoms with Gasteiger partial charge in [0, 0.05) is 29.7 Å². The molecule has 170 valence electrons. The summed E-state index contributed by atoms with van der Waals surface area (Å²) >= 11 is 17.5. The van der Waals surface area contributed by atoms with Gasteiger partial charge in [0.1, 0.15) is 11.5 Å². The topological polar surface area (TPSA) is 67.2 Å². The molecule has 2 aromatic heterocycles. The lowest BCUT2D eigenvalue weighted by atomic mass is 10.1. The fraction of sp³-hybridized carbons (Fsp3) is 0.0385. The van der Waals surface area contributed by atoms with Gasteiger partial charge in [-0.05, 0) is 84.4 Å². The molecule has 0 saturated heterocycles. The van der Waals surface area contributed by atoms with Crippen LogP contribution in [0.1, 0.15) is 16.9 Å². The van der Waals surface area contributed by atoms with Crippen LogP contribution in [0.2, 0.25) is 10.0 Å². The summed E-state index contributed by atoms with van der Waals surface area (Å²) in [7, 11) is 0. The molecule has 0 bridgehead atoms. The van der Waals surface area contributed by atoms with Crippen LogP contribution in [-0.4, -0.2) is 16.0 Å². The predicted molar refractivity (Wildman–Crippen MR) is 141 cm³/mol. The minimum Gasteiger partial charge on any atom is -0.457 e. The minimum absolute atomic E-state index is 0.197. The van der Waals surface area contributed by atoms with Gasteiger partial charge in [-0.25, -0.2) is 0 Å². The lowest BCUT2D eigenvalue weighted by Crippen LogP contribution is -2.32. The zero-order valence-electron chi connectivity index (χ0n) is 17.8. The van der Waals surface area contributed by atoms with Gasteiger partial charge in [-0.1, -0.05) is 41.4 Å². The van der Waals surface area contributed by atoms with Crippen LogP contribution in [-0.2, 0) is 11.2 Å². The number of amides is 1. The normalized spacial score (nSPS) is 10.9. The Bertz CT molecular complexity index is 1340. The molecule has 0 fully saturated rings. The van der Waals surface area contributed by atoms with Gasteiger partial charge < -0.3 is 9.73 Å². The lowest BCUT2D eigenvalue weighted by Gasteiger charge is -2.09. The Labute approximate surface area is 212 Å². The van der Waals surface area contributed by atoms with Gasteiger partial charge in [-0.3, -0.25) is 15.1 Å². The highest BCUT2D eigenvalue weighted by atomic mass is 35.5. The van der Waals surface area contributed by atoms with E-state index in [-0.39, 0.29) is 11.0 Å². The Morgan fingerprint density at radius 1 is 0.971 bits per heavy atom. The summed E-state index contributed by atoms with van der Waals surface area (Å²) in [6, 6.07) is 20.6. The van der Waals surface area contributed by atoms with E-state index in [0.717, 1.165) is 17.7 Å². The molecule has 1 amide bonds. The third-order valence-corrected chi connectivity index (χ3v) is 5.87. The van der Waals surface area contributed by atoms with Crippen molar-refractivity contribution in [3.05, 3.63) is 112 Å². The van der Waals surface area contributed by atoms with E-state index < -0.39 is 0 Å². The zero-order chi connectivity index (χ0) is 23.9. The molecule has 4 aromatic rings. The van der Waals surface area contributed by atoms with E-state index in [1.54, 1.807) is 42.7 Å². The van der Waals surface area contributed by atoms with Crippen molar-refractivity contribution < 1.29 is 9.21 Å². The second kappa shape index (κ2) is 11.1. The molecule has 0 aliphatic carbocycles. The molecule has 0 radical (unpaired) electrons. The molecule has 5 nitrogen and oxygen atoms in total. The van der Waals surface area contributed by atoms with Crippen molar-refractivity contribution in [2.24, 2.45) is 0 Å². The minimum atomic E-state index is -0.384. The summed E-state index contributed by atoms with van der Waals surface area (Å²) in [6.07, 6.45) is 7.26. The third kappa shape index (κ3) is 6.32. The number of thiocarbonyl (C=S) groups is 1. The van der Waals surface area contributed by atoms with Gasteiger partial charge in [-0.15, -0.1) is 0 Å². The van der Waals surface area contributed by atoms with Gasteiger partial charge in [0.25, 0.3) is 0 Å². The average molecular weight is 508 g/mol. The van der Waals surface area contributed by atoms with Crippen LogP contribution in [0.4, 0.5) is 5.69 Å². The number of hydrogen-bond acceptors (Lipinski definition) is 4. The van der Waals surface area contributed by atoms with Crippen molar-refractivity contribution >= 4 is 58.2 Å². The molecule has 0 aliphatic heterocycles. The molecule has 0 unspecified atom stereocenters. The van der Waals surface area contributed by atoms with Crippen LogP contribution in [0.3, 0.4) is 0 Å². The highest BCUT2D eigenvalue weighted by Crippen LogP contribution is 2.34. The van der Waals surface area contributed by atoms with Crippen molar-refractivity contribution in [1.29, 1.82) is 0 Å². The van der Waals surface area contributed by atoms with Crippen LogP contribution in [0.5, 0.6) is 0 Å². The maximum atomic E-state index is 12.2. The second-order valence-electron chi connectivity index (χ2n) is 7.31. The first kappa shape index (κ1) is 23.7. The monoisotopic (exact) mass is 507 g/mol. The first-order chi connectivity index (χ1) is 16.5. The second-order valence-corrected chi connectivity index (χ2v) is 8.50. The number of nitrogens with zero attached hydrogens (tertiary/aromatic N) is 1. The molecule has 0 atom stereocenters. The lowest BCUT2D eigenvalue weighted by molar-refractivity contribution is -0.115. The van der Waals surface area contributed by atoms with E-state index in [2.05, 4.69) is 15.6 Å². The summed E-state index contributed by atoms with van der Waals surface area (Å²) in [5.41, 5.74) is 3.80. The Morgan fingerprint density at radius 2 is 1.71 bits per heavy atom. The van der Waals surface area contributed by atoms with Crippen LogP contribution in [0.25, 0.3) is 17.4 Å². The number of hydrogen-bond donors (Lipinski definition) is 2. The number of anilines is 1. The summed E-state index contributed by atoms with van der Waals surface area (Å²) in [5, 5.41) is 6.67. The van der Waals surface area contributed by atoms with Gasteiger partial charge >= 0.3 is 0 Å². The molecule has 34 heavy (non-hydrogen) atoms. The smallest absolute Gasteiger partial charge is 0.250 e. The van der Waals surface area contributed by atoms with Crippen molar-refractivity contribution in [3.63, 3.8) is 0 Å². The number of nitrogens with one attached hydrogen (secondary N) is 2. The van der Waals surface area contributed by atoms with Crippen molar-refractivity contribution in [2.75, 3.05) is 5.32 Å². The molecule has 0 aliphatic rings. The number of carbonyl (C=O) groups excluding carboxylic acids is 1. The van der Waals surface area contributed by atoms with E-state index in [4.69, 9.17) is 39.8 Å². The van der Waals surface area contributed by atoms with Crippen molar-refractivity contribution in [1.82, 2.24) is 10.3 Å². The largest absolute Gasteiger partial charge is 0.457 e. The van der Waals surface area contributed by atoms with Gasteiger partial charge in [0.05, 0.1) is 10.0 Å². The van der Waals surface area contributed by atoms with Crippen LogP contribution >= 0.6 is 35.4 Å². The fourth-order valence-electron chi connectivity index (χ4n) is 3.20. The fourth-order valence-corrected chi connectivity index (χ4v) is 3.81. The number of pyridine rings is 1. The van der Waals surface area contributed by atoms with E-state index in [0.29, 0.717) is 27.1 Å².